The molecule has 138 valence electrons. The quantitative estimate of drug-likeness (QED) is 0.772. The van der Waals surface area contributed by atoms with Gasteiger partial charge in [0, 0.05) is 30.9 Å². The van der Waals surface area contributed by atoms with E-state index in [1.807, 2.05) is 56.6 Å². The summed E-state index contributed by atoms with van der Waals surface area (Å²) >= 11 is 0. The van der Waals surface area contributed by atoms with Crippen LogP contribution < -0.4 is 10.1 Å². The lowest BCUT2D eigenvalue weighted by Gasteiger charge is -2.18. The van der Waals surface area contributed by atoms with E-state index in [1.165, 1.54) is 5.56 Å². The van der Waals surface area contributed by atoms with Crippen LogP contribution in [0.2, 0.25) is 0 Å². The number of carbonyl (C=O) groups is 1. The molecule has 1 amide bonds. The number of hydrogen-bond donors (Lipinski definition) is 1. The maximum Gasteiger partial charge on any atom is 0.251 e. The summed E-state index contributed by atoms with van der Waals surface area (Å²) in [7, 11) is 1.90. The predicted octanol–water partition coefficient (Wildman–Crippen LogP) is 3.65. The van der Waals surface area contributed by atoms with E-state index in [9.17, 15) is 4.79 Å². The number of fused-ring (bicyclic) bond motifs is 1. The largest absolute Gasteiger partial charge is 0.493 e. The fourth-order valence-corrected chi connectivity index (χ4v) is 3.52. The maximum atomic E-state index is 12.6. The summed E-state index contributed by atoms with van der Waals surface area (Å²) in [4.78, 5) is 12.6. The van der Waals surface area contributed by atoms with E-state index in [4.69, 9.17) is 4.74 Å². The van der Waals surface area contributed by atoms with Crippen molar-refractivity contribution >= 4 is 5.91 Å². The summed E-state index contributed by atoms with van der Waals surface area (Å²) in [6, 6.07) is 13.8. The summed E-state index contributed by atoms with van der Waals surface area (Å²) in [5.41, 5.74) is 5.96. The molecule has 0 saturated heterocycles. The fraction of sp³-hybridized carbons (Fsp3) is 0.273. The highest BCUT2D eigenvalue weighted by Crippen LogP contribution is 2.26. The van der Waals surface area contributed by atoms with Gasteiger partial charge in [0.2, 0.25) is 0 Å². The van der Waals surface area contributed by atoms with Crippen LogP contribution in [0.25, 0.3) is 11.1 Å². The van der Waals surface area contributed by atoms with Gasteiger partial charge in [0.25, 0.3) is 5.91 Å². The molecule has 0 aliphatic carbocycles. The number of carbonyl (C=O) groups excluding carboxylic acids is 1. The normalized spacial score (nSPS) is 13.0. The van der Waals surface area contributed by atoms with Gasteiger partial charge < -0.3 is 10.1 Å². The average molecular weight is 361 g/mol. The van der Waals surface area contributed by atoms with Gasteiger partial charge in [0.05, 0.1) is 12.3 Å². The van der Waals surface area contributed by atoms with Gasteiger partial charge in [-0.1, -0.05) is 24.3 Å². The Labute approximate surface area is 159 Å². The van der Waals surface area contributed by atoms with Crippen LogP contribution >= 0.6 is 0 Å². The molecule has 0 fully saturated rings. The van der Waals surface area contributed by atoms with Crippen LogP contribution in [0.15, 0.2) is 48.7 Å². The summed E-state index contributed by atoms with van der Waals surface area (Å²) in [5, 5.41) is 7.40. The highest BCUT2D eigenvalue weighted by Gasteiger charge is 2.12. The van der Waals surface area contributed by atoms with Crippen LogP contribution in [-0.4, -0.2) is 22.3 Å². The van der Waals surface area contributed by atoms with Crippen LogP contribution in [-0.2, 0) is 20.0 Å². The minimum absolute atomic E-state index is 0.0765. The van der Waals surface area contributed by atoms with Crippen molar-refractivity contribution in [3.05, 3.63) is 71.0 Å². The molecule has 2 aromatic carbocycles. The first kappa shape index (κ1) is 17.3. The Morgan fingerprint density at radius 1 is 1.26 bits per heavy atom. The zero-order valence-corrected chi connectivity index (χ0v) is 15.7. The first-order valence-corrected chi connectivity index (χ1v) is 9.23. The second kappa shape index (κ2) is 7.27. The number of benzene rings is 2. The van der Waals surface area contributed by atoms with Crippen molar-refractivity contribution in [1.29, 1.82) is 0 Å². The molecule has 0 unspecified atom stereocenters. The van der Waals surface area contributed by atoms with Crippen molar-refractivity contribution in [2.75, 3.05) is 6.61 Å². The molecule has 0 bridgehead atoms. The number of amides is 1. The Balaban J connectivity index is 1.47. The van der Waals surface area contributed by atoms with E-state index in [-0.39, 0.29) is 5.91 Å². The third kappa shape index (κ3) is 3.72. The maximum absolute atomic E-state index is 12.6. The number of nitrogens with one attached hydrogen (secondary N) is 1. The van der Waals surface area contributed by atoms with Gasteiger partial charge in [-0.15, -0.1) is 0 Å². The van der Waals surface area contributed by atoms with E-state index < -0.39 is 0 Å². The number of nitrogens with zero attached hydrogens (tertiary/aromatic N) is 2. The second-order valence-corrected chi connectivity index (χ2v) is 6.96. The van der Waals surface area contributed by atoms with Crippen LogP contribution in [0.1, 0.15) is 33.6 Å². The molecule has 1 aliphatic rings. The molecule has 1 aliphatic heterocycles. The molecule has 4 rings (SSSR count). The molecule has 0 atom stereocenters. The van der Waals surface area contributed by atoms with Crippen molar-refractivity contribution in [3.8, 4) is 16.9 Å². The lowest BCUT2D eigenvalue weighted by Crippen LogP contribution is -2.23. The zero-order valence-electron chi connectivity index (χ0n) is 15.7. The molecule has 1 N–H and O–H groups in total. The number of rotatable bonds is 4. The van der Waals surface area contributed by atoms with Crippen molar-refractivity contribution in [2.45, 2.75) is 26.3 Å². The third-order valence-electron chi connectivity index (χ3n) is 4.88. The van der Waals surface area contributed by atoms with Crippen LogP contribution in [0.4, 0.5) is 0 Å². The highest BCUT2D eigenvalue weighted by atomic mass is 16.5. The van der Waals surface area contributed by atoms with Gasteiger partial charge >= 0.3 is 0 Å². The molecule has 0 spiro atoms. The minimum atomic E-state index is -0.0765. The standard InChI is InChI=1S/C22H23N3O2/c1-15-20(14-25(2)24-15)17-5-3-6-19(12-17)22(26)23-13-16-8-9-21-18(11-16)7-4-10-27-21/h3,5-6,8-9,11-12,14H,4,7,10,13H2,1-2H3,(H,23,26). The number of aryl methyl sites for hydroxylation is 3. The van der Waals surface area contributed by atoms with E-state index >= 15 is 0 Å². The van der Waals surface area contributed by atoms with Gasteiger partial charge in [0.15, 0.2) is 0 Å². The first-order chi connectivity index (χ1) is 13.1. The molecule has 0 radical (unpaired) electrons. The van der Waals surface area contributed by atoms with Crippen molar-refractivity contribution < 1.29 is 9.53 Å². The summed E-state index contributed by atoms with van der Waals surface area (Å²) in [6.45, 7) is 3.26. The predicted molar refractivity (Wildman–Crippen MR) is 105 cm³/mol. The lowest BCUT2D eigenvalue weighted by atomic mass is 10.0. The minimum Gasteiger partial charge on any atom is -0.493 e. The van der Waals surface area contributed by atoms with Crippen LogP contribution in [0, 0.1) is 6.92 Å². The SMILES string of the molecule is Cc1nn(C)cc1-c1cccc(C(=O)NCc2ccc3c(c2)CCCO3)c1. The lowest BCUT2D eigenvalue weighted by molar-refractivity contribution is 0.0951. The number of hydrogen-bond acceptors (Lipinski definition) is 3. The molecule has 5 heteroatoms. The van der Waals surface area contributed by atoms with Crippen LogP contribution in [0.5, 0.6) is 5.75 Å². The summed E-state index contributed by atoms with van der Waals surface area (Å²) in [6.07, 6.45) is 4.05. The van der Waals surface area contributed by atoms with Crippen molar-refractivity contribution in [1.82, 2.24) is 15.1 Å². The van der Waals surface area contributed by atoms with Crippen LogP contribution in [0.3, 0.4) is 0 Å². The number of aromatic nitrogens is 2. The summed E-state index contributed by atoms with van der Waals surface area (Å²) < 4.78 is 7.43. The van der Waals surface area contributed by atoms with E-state index in [0.29, 0.717) is 12.1 Å². The Bertz CT molecular complexity index is 991. The Morgan fingerprint density at radius 3 is 2.96 bits per heavy atom. The molecule has 3 aromatic rings. The second-order valence-electron chi connectivity index (χ2n) is 6.96. The molecular formula is C22H23N3O2. The van der Waals surface area contributed by atoms with E-state index in [0.717, 1.165) is 47.6 Å². The smallest absolute Gasteiger partial charge is 0.251 e. The third-order valence-corrected chi connectivity index (χ3v) is 4.88. The molecule has 0 saturated carbocycles. The monoisotopic (exact) mass is 361 g/mol. The Hall–Kier alpha value is -3.08. The zero-order chi connectivity index (χ0) is 18.8. The summed E-state index contributed by atoms with van der Waals surface area (Å²) in [5.74, 6) is 0.892. The van der Waals surface area contributed by atoms with Gasteiger partial charge in [-0.2, -0.15) is 5.10 Å². The Morgan fingerprint density at radius 2 is 2.15 bits per heavy atom. The van der Waals surface area contributed by atoms with Gasteiger partial charge in [-0.05, 0) is 54.7 Å². The highest BCUT2D eigenvalue weighted by molar-refractivity contribution is 5.95. The van der Waals surface area contributed by atoms with Crippen molar-refractivity contribution in [2.24, 2.45) is 7.05 Å². The first-order valence-electron chi connectivity index (χ1n) is 9.23. The molecule has 2 heterocycles. The van der Waals surface area contributed by atoms with E-state index in [1.54, 1.807) is 4.68 Å². The van der Waals surface area contributed by atoms with Gasteiger partial charge in [0.1, 0.15) is 5.75 Å². The van der Waals surface area contributed by atoms with Crippen molar-refractivity contribution in [3.63, 3.8) is 0 Å². The topological polar surface area (TPSA) is 56.2 Å². The molecule has 27 heavy (non-hydrogen) atoms. The molecular weight excluding hydrogens is 338 g/mol. The van der Waals surface area contributed by atoms with E-state index in [2.05, 4.69) is 16.5 Å². The fourth-order valence-electron chi connectivity index (χ4n) is 3.52. The molecule has 5 nitrogen and oxygen atoms in total. The van der Waals surface area contributed by atoms with Gasteiger partial charge in [-0.25, -0.2) is 0 Å². The Kier molecular flexibility index (Phi) is 4.67. The van der Waals surface area contributed by atoms with Gasteiger partial charge in [-0.3, -0.25) is 9.48 Å². The average Bonchev–Trinajstić information content (AvgIpc) is 3.04. The molecule has 1 aromatic heterocycles. The number of ether oxygens (including phenoxy) is 1.